The van der Waals surface area contributed by atoms with Crippen molar-refractivity contribution in [2.24, 2.45) is 5.73 Å². The Morgan fingerprint density at radius 2 is 2.17 bits per heavy atom. The zero-order valence-corrected chi connectivity index (χ0v) is 10.3. The van der Waals surface area contributed by atoms with Crippen molar-refractivity contribution in [3.8, 4) is 0 Å². The van der Waals surface area contributed by atoms with Crippen LogP contribution in [0.4, 0.5) is 0 Å². The average Bonchev–Trinajstić information content (AvgIpc) is 2.39. The molecule has 1 aromatic carbocycles. The molecule has 2 aromatic rings. The van der Waals surface area contributed by atoms with Gasteiger partial charge in [0.05, 0.1) is 12.3 Å². The summed E-state index contributed by atoms with van der Waals surface area (Å²) in [6.07, 6.45) is 2.12. The number of benzene rings is 1. The Labute approximate surface area is 106 Å². The van der Waals surface area contributed by atoms with Gasteiger partial charge in [-0.25, -0.2) is 0 Å². The van der Waals surface area contributed by atoms with Crippen LogP contribution in [0.15, 0.2) is 36.5 Å². The third-order valence-corrected chi connectivity index (χ3v) is 2.76. The minimum Gasteiger partial charge on any atom is -0.465 e. The van der Waals surface area contributed by atoms with Gasteiger partial charge in [0, 0.05) is 18.0 Å². The third kappa shape index (κ3) is 2.65. The van der Waals surface area contributed by atoms with Gasteiger partial charge in [-0.05, 0) is 18.4 Å². The van der Waals surface area contributed by atoms with E-state index in [-0.39, 0.29) is 5.97 Å². The molecule has 0 bridgehead atoms. The van der Waals surface area contributed by atoms with Gasteiger partial charge < -0.3 is 10.5 Å². The summed E-state index contributed by atoms with van der Waals surface area (Å²) in [6.45, 7) is 2.11. The van der Waals surface area contributed by atoms with E-state index in [4.69, 9.17) is 10.5 Å². The number of hydrogen-bond acceptors (Lipinski definition) is 4. The highest BCUT2D eigenvalue weighted by Crippen LogP contribution is 2.17. The Bertz CT molecular complexity index is 549. The highest BCUT2D eigenvalue weighted by Gasteiger charge is 2.16. The normalized spacial score (nSPS) is 12.3. The lowest BCUT2D eigenvalue weighted by molar-refractivity contribution is -0.144. The molecule has 4 heteroatoms. The number of nitrogens with two attached hydrogens (primary N) is 1. The van der Waals surface area contributed by atoms with E-state index in [1.807, 2.05) is 30.3 Å². The van der Waals surface area contributed by atoms with Crippen LogP contribution in [-0.2, 0) is 16.0 Å². The van der Waals surface area contributed by atoms with E-state index < -0.39 is 6.04 Å². The molecular weight excluding hydrogens is 228 g/mol. The number of hydrogen-bond donors (Lipinski definition) is 1. The molecule has 2 rings (SSSR count). The second-order valence-electron chi connectivity index (χ2n) is 4.04. The van der Waals surface area contributed by atoms with Gasteiger partial charge in [-0.15, -0.1) is 0 Å². The highest BCUT2D eigenvalue weighted by atomic mass is 16.5. The monoisotopic (exact) mass is 244 g/mol. The van der Waals surface area contributed by atoms with E-state index in [1.54, 1.807) is 13.1 Å². The van der Waals surface area contributed by atoms with Gasteiger partial charge in [0.1, 0.15) is 6.04 Å². The zero-order chi connectivity index (χ0) is 13.0. The molecular formula is C14H16N2O2. The smallest absolute Gasteiger partial charge is 0.323 e. The van der Waals surface area contributed by atoms with Crippen molar-refractivity contribution >= 4 is 16.7 Å². The van der Waals surface area contributed by atoms with Crippen molar-refractivity contribution < 1.29 is 9.53 Å². The number of fused-ring (bicyclic) bond motifs is 1. The molecule has 0 spiro atoms. The van der Waals surface area contributed by atoms with Crippen LogP contribution in [0.1, 0.15) is 12.6 Å². The summed E-state index contributed by atoms with van der Waals surface area (Å²) in [5, 5.41) is 2.12. The van der Waals surface area contributed by atoms with Gasteiger partial charge in [-0.1, -0.05) is 24.3 Å². The first kappa shape index (κ1) is 12.5. The Kier molecular flexibility index (Phi) is 3.89. The van der Waals surface area contributed by atoms with Crippen molar-refractivity contribution in [1.29, 1.82) is 0 Å². The standard InChI is InChI=1S/C14H16N2O2/c1-2-18-14(17)12(15)9-13-11-6-4-3-5-10(11)7-8-16-13/h3-8,12H,2,9,15H2,1H3/t12-/m0/s1. The van der Waals surface area contributed by atoms with E-state index >= 15 is 0 Å². The molecule has 1 aromatic heterocycles. The number of nitrogens with zero attached hydrogens (tertiary/aromatic N) is 1. The average molecular weight is 244 g/mol. The van der Waals surface area contributed by atoms with Crippen LogP contribution in [0.5, 0.6) is 0 Å². The van der Waals surface area contributed by atoms with Crippen LogP contribution < -0.4 is 5.73 Å². The summed E-state index contributed by atoms with van der Waals surface area (Å²) >= 11 is 0. The van der Waals surface area contributed by atoms with Gasteiger partial charge >= 0.3 is 5.97 Å². The van der Waals surface area contributed by atoms with Gasteiger partial charge in [-0.2, -0.15) is 0 Å². The van der Waals surface area contributed by atoms with Crippen molar-refractivity contribution in [3.05, 3.63) is 42.2 Å². The summed E-state index contributed by atoms with van der Waals surface area (Å²) in [5.74, 6) is -0.382. The molecule has 18 heavy (non-hydrogen) atoms. The van der Waals surface area contributed by atoms with Crippen molar-refractivity contribution in [1.82, 2.24) is 4.98 Å². The molecule has 1 heterocycles. The van der Waals surface area contributed by atoms with Crippen LogP contribution in [0.25, 0.3) is 10.8 Å². The van der Waals surface area contributed by atoms with Crippen molar-refractivity contribution in [2.45, 2.75) is 19.4 Å². The third-order valence-electron chi connectivity index (χ3n) is 2.76. The summed E-state index contributed by atoms with van der Waals surface area (Å²) in [7, 11) is 0. The molecule has 0 saturated heterocycles. The SMILES string of the molecule is CCOC(=O)[C@@H](N)Cc1nccc2ccccc12. The number of aromatic nitrogens is 1. The topological polar surface area (TPSA) is 65.2 Å². The van der Waals surface area contributed by atoms with Crippen molar-refractivity contribution in [3.63, 3.8) is 0 Å². The van der Waals surface area contributed by atoms with Crippen LogP contribution in [-0.4, -0.2) is 23.6 Å². The van der Waals surface area contributed by atoms with E-state index in [2.05, 4.69) is 4.98 Å². The van der Waals surface area contributed by atoms with E-state index in [0.717, 1.165) is 16.5 Å². The summed E-state index contributed by atoms with van der Waals surface area (Å²) in [6, 6.07) is 9.19. The van der Waals surface area contributed by atoms with E-state index in [9.17, 15) is 4.79 Å². The molecule has 94 valence electrons. The van der Waals surface area contributed by atoms with Gasteiger partial charge in [-0.3, -0.25) is 9.78 Å². The van der Waals surface area contributed by atoms with Gasteiger partial charge in [0.25, 0.3) is 0 Å². The number of ether oxygens (including phenoxy) is 1. The molecule has 0 amide bonds. The molecule has 4 nitrogen and oxygen atoms in total. The lowest BCUT2D eigenvalue weighted by atomic mass is 10.0. The predicted octanol–water partition coefficient (Wildman–Crippen LogP) is 1.67. The van der Waals surface area contributed by atoms with E-state index in [0.29, 0.717) is 13.0 Å². The Balaban J connectivity index is 2.24. The maximum absolute atomic E-state index is 11.5. The fourth-order valence-electron chi connectivity index (χ4n) is 1.89. The first-order valence-electron chi connectivity index (χ1n) is 5.97. The number of esters is 1. The van der Waals surface area contributed by atoms with Crippen LogP contribution in [0.3, 0.4) is 0 Å². The second kappa shape index (κ2) is 5.60. The highest BCUT2D eigenvalue weighted by molar-refractivity contribution is 5.85. The molecule has 2 N–H and O–H groups in total. The Morgan fingerprint density at radius 3 is 2.94 bits per heavy atom. The number of rotatable bonds is 4. The minimum atomic E-state index is -0.664. The minimum absolute atomic E-state index is 0.343. The van der Waals surface area contributed by atoms with E-state index in [1.165, 1.54) is 0 Å². The summed E-state index contributed by atoms with van der Waals surface area (Å²) in [4.78, 5) is 15.8. The summed E-state index contributed by atoms with van der Waals surface area (Å²) < 4.78 is 4.90. The lowest BCUT2D eigenvalue weighted by Gasteiger charge is -2.11. The number of pyridine rings is 1. The van der Waals surface area contributed by atoms with Crippen LogP contribution in [0, 0.1) is 0 Å². The largest absolute Gasteiger partial charge is 0.465 e. The quantitative estimate of drug-likeness (QED) is 0.831. The zero-order valence-electron chi connectivity index (χ0n) is 10.3. The van der Waals surface area contributed by atoms with Crippen LogP contribution in [0.2, 0.25) is 0 Å². The first-order chi connectivity index (χ1) is 8.72. The molecule has 0 saturated carbocycles. The maximum atomic E-state index is 11.5. The molecule has 0 unspecified atom stereocenters. The predicted molar refractivity (Wildman–Crippen MR) is 70.1 cm³/mol. The van der Waals surface area contributed by atoms with Gasteiger partial charge in [0.2, 0.25) is 0 Å². The lowest BCUT2D eigenvalue weighted by Crippen LogP contribution is -2.34. The fourth-order valence-corrected chi connectivity index (χ4v) is 1.89. The fraction of sp³-hybridized carbons (Fsp3) is 0.286. The molecule has 0 radical (unpaired) electrons. The second-order valence-corrected chi connectivity index (χ2v) is 4.04. The molecule has 1 atom stereocenters. The van der Waals surface area contributed by atoms with Gasteiger partial charge in [0.15, 0.2) is 0 Å². The molecule has 0 fully saturated rings. The molecule has 0 aliphatic heterocycles. The molecule has 0 aliphatic carbocycles. The van der Waals surface area contributed by atoms with Crippen LogP contribution >= 0.6 is 0 Å². The maximum Gasteiger partial charge on any atom is 0.323 e. The summed E-state index contributed by atoms with van der Waals surface area (Å²) in [5.41, 5.74) is 6.64. The number of carbonyl (C=O) groups excluding carboxylic acids is 1. The number of carbonyl (C=O) groups is 1. The Hall–Kier alpha value is -1.94. The first-order valence-corrected chi connectivity index (χ1v) is 5.97. The molecule has 0 aliphatic rings. The van der Waals surface area contributed by atoms with Crippen molar-refractivity contribution in [2.75, 3.05) is 6.61 Å². The Morgan fingerprint density at radius 1 is 1.39 bits per heavy atom.